The van der Waals surface area contributed by atoms with Gasteiger partial charge in [-0.05, 0) is 6.92 Å². The molecule has 0 spiro atoms. The van der Waals surface area contributed by atoms with Crippen molar-refractivity contribution in [2.24, 2.45) is 4.99 Å². The second-order valence-corrected chi connectivity index (χ2v) is 3.31. The van der Waals surface area contributed by atoms with Gasteiger partial charge in [0.15, 0.2) is 11.0 Å². The number of nitrogens with two attached hydrogens (primary N) is 1. The first-order valence-corrected chi connectivity index (χ1v) is 4.38. The quantitative estimate of drug-likeness (QED) is 0.434. The number of hydrogen-bond acceptors (Lipinski definition) is 4. The molecule has 0 radical (unpaired) electrons. The van der Waals surface area contributed by atoms with E-state index in [2.05, 4.69) is 15.0 Å². The van der Waals surface area contributed by atoms with Gasteiger partial charge in [-0.3, -0.25) is 0 Å². The van der Waals surface area contributed by atoms with Crippen molar-refractivity contribution < 1.29 is 0 Å². The summed E-state index contributed by atoms with van der Waals surface area (Å²) in [6, 6.07) is 0. The van der Waals surface area contributed by atoms with E-state index >= 15 is 0 Å². The summed E-state index contributed by atoms with van der Waals surface area (Å²) in [7, 11) is 3.76. The van der Waals surface area contributed by atoms with Gasteiger partial charge in [0.05, 0.1) is 0 Å². The Labute approximate surface area is 87.6 Å². The third-order valence-corrected chi connectivity index (χ3v) is 2.00. The van der Waals surface area contributed by atoms with Crippen LogP contribution in [0.1, 0.15) is 6.92 Å². The van der Waals surface area contributed by atoms with Crippen molar-refractivity contribution in [2.45, 2.75) is 6.92 Å². The number of rotatable bonds is 1. The lowest BCUT2D eigenvalue weighted by atomic mass is 10.4. The predicted octanol–water partition coefficient (Wildman–Crippen LogP) is 1.32. The molecule has 1 heterocycles. The summed E-state index contributed by atoms with van der Waals surface area (Å²) in [6.07, 6.45) is 1.31. The fraction of sp³-hybridized carbons (Fsp3) is 0.375. The molecule has 1 rings (SSSR count). The van der Waals surface area contributed by atoms with Gasteiger partial charge >= 0.3 is 0 Å². The van der Waals surface area contributed by atoms with Crippen LogP contribution < -0.4 is 5.73 Å². The average Bonchev–Trinajstić information content (AvgIpc) is 2.11. The van der Waals surface area contributed by atoms with E-state index in [4.69, 9.17) is 17.3 Å². The van der Waals surface area contributed by atoms with Crippen molar-refractivity contribution in [3.05, 3.63) is 11.5 Å². The molecule has 0 aliphatic heterocycles. The first-order chi connectivity index (χ1) is 6.52. The fourth-order valence-corrected chi connectivity index (χ4v) is 0.918. The Bertz CT molecular complexity index is 340. The van der Waals surface area contributed by atoms with Crippen molar-refractivity contribution in [2.75, 3.05) is 19.8 Å². The first-order valence-electron chi connectivity index (χ1n) is 4.01. The largest absolute Gasteiger partial charge is 0.382 e. The lowest BCUT2D eigenvalue weighted by molar-refractivity contribution is 0.619. The predicted molar refractivity (Wildman–Crippen MR) is 57.9 cm³/mol. The molecule has 14 heavy (non-hydrogen) atoms. The molecule has 0 unspecified atom stereocenters. The maximum atomic E-state index is 5.82. The van der Waals surface area contributed by atoms with Gasteiger partial charge in [0.2, 0.25) is 0 Å². The number of hydrogen-bond donors (Lipinski definition) is 1. The molecule has 5 nitrogen and oxygen atoms in total. The third kappa shape index (κ3) is 2.32. The highest BCUT2D eigenvalue weighted by Crippen LogP contribution is 2.27. The zero-order valence-electron chi connectivity index (χ0n) is 8.32. The van der Waals surface area contributed by atoms with Crippen LogP contribution in [0.15, 0.2) is 11.3 Å². The van der Waals surface area contributed by atoms with Gasteiger partial charge in [-0.2, -0.15) is 0 Å². The molecule has 0 saturated heterocycles. The lowest BCUT2D eigenvalue weighted by Crippen LogP contribution is -2.18. The smallest absolute Gasteiger partial charge is 0.160 e. The molecule has 1 aromatic heterocycles. The van der Waals surface area contributed by atoms with Gasteiger partial charge in [-0.1, -0.05) is 11.6 Å². The van der Waals surface area contributed by atoms with Crippen molar-refractivity contribution in [1.82, 2.24) is 14.9 Å². The van der Waals surface area contributed by atoms with Crippen molar-refractivity contribution in [3.63, 3.8) is 0 Å². The Morgan fingerprint density at radius 2 is 2.14 bits per heavy atom. The Morgan fingerprint density at radius 3 is 2.64 bits per heavy atom. The minimum absolute atomic E-state index is 0.263. The second kappa shape index (κ2) is 4.23. The number of nitrogen functional groups attached to an aromatic ring is 1. The number of aromatic nitrogens is 2. The highest BCUT2D eigenvalue weighted by atomic mass is 35.5. The molecule has 0 aromatic carbocycles. The third-order valence-electron chi connectivity index (χ3n) is 1.73. The van der Waals surface area contributed by atoms with Gasteiger partial charge in [-0.15, -0.1) is 0 Å². The lowest BCUT2D eigenvalue weighted by Gasteiger charge is -2.11. The summed E-state index contributed by atoms with van der Waals surface area (Å²) in [5, 5.41) is 0.263. The maximum Gasteiger partial charge on any atom is 0.160 e. The molecule has 0 bridgehead atoms. The number of nitrogens with zero attached hydrogens (tertiary/aromatic N) is 4. The van der Waals surface area contributed by atoms with Crippen molar-refractivity contribution in [3.8, 4) is 0 Å². The van der Waals surface area contributed by atoms with Gasteiger partial charge in [0, 0.05) is 14.1 Å². The van der Waals surface area contributed by atoms with Crippen LogP contribution in [0.4, 0.5) is 11.5 Å². The molecule has 6 heteroatoms. The highest BCUT2D eigenvalue weighted by molar-refractivity contribution is 6.32. The molecular weight excluding hydrogens is 202 g/mol. The van der Waals surface area contributed by atoms with E-state index in [1.807, 2.05) is 25.9 Å². The molecular formula is C8H12ClN5. The molecule has 0 aliphatic carbocycles. The summed E-state index contributed by atoms with van der Waals surface area (Å²) in [5.74, 6) is 1.07. The first kappa shape index (κ1) is 10.7. The van der Waals surface area contributed by atoms with Crippen LogP contribution in [0.25, 0.3) is 0 Å². The van der Waals surface area contributed by atoms with Crippen molar-refractivity contribution in [1.29, 1.82) is 0 Å². The van der Waals surface area contributed by atoms with E-state index in [-0.39, 0.29) is 11.0 Å². The number of anilines is 1. The number of halogens is 1. The fourth-order valence-electron chi connectivity index (χ4n) is 0.735. The van der Waals surface area contributed by atoms with Gasteiger partial charge < -0.3 is 10.6 Å². The molecule has 2 N–H and O–H groups in total. The van der Waals surface area contributed by atoms with Gasteiger partial charge in [-0.25, -0.2) is 15.0 Å². The van der Waals surface area contributed by atoms with Crippen LogP contribution in [-0.4, -0.2) is 34.8 Å². The summed E-state index contributed by atoms with van der Waals surface area (Å²) in [6.45, 7) is 1.85. The van der Waals surface area contributed by atoms with Crippen LogP contribution in [0.3, 0.4) is 0 Å². The minimum Gasteiger partial charge on any atom is -0.382 e. The van der Waals surface area contributed by atoms with E-state index in [0.29, 0.717) is 5.69 Å². The summed E-state index contributed by atoms with van der Waals surface area (Å²) >= 11 is 5.82. The van der Waals surface area contributed by atoms with Gasteiger partial charge in [0.1, 0.15) is 17.9 Å². The maximum absolute atomic E-state index is 5.82. The van der Waals surface area contributed by atoms with E-state index < -0.39 is 0 Å². The van der Waals surface area contributed by atoms with E-state index in [1.165, 1.54) is 6.33 Å². The van der Waals surface area contributed by atoms with Crippen LogP contribution in [0, 0.1) is 0 Å². The standard InChI is InChI=1S/C8H12ClN5/c1-5(14(2)3)13-6-7(9)11-4-12-8(6)10/h4H,1-3H3,(H2,10,11,12)/b13-5+. The minimum atomic E-state index is 0.263. The number of amidine groups is 1. The molecule has 1 aromatic rings. The number of aliphatic imine (C=N–C) groups is 1. The Balaban J connectivity index is 3.14. The van der Waals surface area contributed by atoms with E-state index in [9.17, 15) is 0 Å². The summed E-state index contributed by atoms with van der Waals surface area (Å²) in [4.78, 5) is 13.7. The molecule has 76 valence electrons. The molecule has 0 aliphatic rings. The Morgan fingerprint density at radius 1 is 1.50 bits per heavy atom. The summed E-state index contributed by atoms with van der Waals surface area (Å²) < 4.78 is 0. The SMILES string of the molecule is C/C(=N\c1c(N)ncnc1Cl)N(C)C. The van der Waals surface area contributed by atoms with Gasteiger partial charge in [0.25, 0.3) is 0 Å². The molecule has 0 saturated carbocycles. The molecule has 0 amide bonds. The van der Waals surface area contributed by atoms with E-state index in [1.54, 1.807) is 0 Å². The Hall–Kier alpha value is -1.36. The highest BCUT2D eigenvalue weighted by Gasteiger charge is 2.06. The van der Waals surface area contributed by atoms with Crippen molar-refractivity contribution >= 4 is 28.9 Å². The zero-order chi connectivity index (χ0) is 10.7. The average molecular weight is 214 g/mol. The van der Waals surface area contributed by atoms with Crippen LogP contribution >= 0.6 is 11.6 Å². The zero-order valence-corrected chi connectivity index (χ0v) is 9.08. The summed E-state index contributed by atoms with van der Waals surface area (Å²) in [5.41, 5.74) is 6.03. The Kier molecular flexibility index (Phi) is 3.24. The normalized spacial score (nSPS) is 11.6. The van der Waals surface area contributed by atoms with Crippen LogP contribution in [0.2, 0.25) is 5.15 Å². The molecule has 0 atom stereocenters. The van der Waals surface area contributed by atoms with Crippen LogP contribution in [-0.2, 0) is 0 Å². The van der Waals surface area contributed by atoms with E-state index in [0.717, 1.165) is 5.84 Å². The molecule has 0 fully saturated rings. The van der Waals surface area contributed by atoms with Crippen LogP contribution in [0.5, 0.6) is 0 Å². The monoisotopic (exact) mass is 213 g/mol. The second-order valence-electron chi connectivity index (χ2n) is 2.95. The topological polar surface area (TPSA) is 67.4 Å².